The molecule has 4 aromatic rings. The van der Waals surface area contributed by atoms with E-state index in [0.717, 1.165) is 16.7 Å². The molecule has 1 fully saturated rings. The molecule has 9 nitrogen and oxygen atoms in total. The second kappa shape index (κ2) is 10.8. The number of amides is 2. The second-order valence-electron chi connectivity index (χ2n) is 9.20. The van der Waals surface area contributed by atoms with Crippen molar-refractivity contribution in [2.24, 2.45) is 0 Å². The summed E-state index contributed by atoms with van der Waals surface area (Å²) >= 11 is 0. The fourth-order valence-electron chi connectivity index (χ4n) is 4.63. The van der Waals surface area contributed by atoms with Crippen LogP contribution in [-0.4, -0.2) is 67.7 Å². The Morgan fingerprint density at radius 1 is 0.897 bits per heavy atom. The van der Waals surface area contributed by atoms with E-state index in [1.807, 2.05) is 48.5 Å². The molecule has 0 saturated carbocycles. The summed E-state index contributed by atoms with van der Waals surface area (Å²) in [4.78, 5) is 31.6. The van der Waals surface area contributed by atoms with Crippen molar-refractivity contribution >= 4 is 38.4 Å². The minimum absolute atomic E-state index is 0.139. The van der Waals surface area contributed by atoms with Crippen molar-refractivity contribution in [2.75, 3.05) is 38.6 Å². The summed E-state index contributed by atoms with van der Waals surface area (Å²) in [6.45, 7) is 2.26. The Hall–Kier alpha value is -4.28. The van der Waals surface area contributed by atoms with Crippen LogP contribution >= 0.6 is 0 Å². The lowest BCUT2D eigenvalue weighted by molar-refractivity contribution is -0.114. The Kier molecular flexibility index (Phi) is 7.32. The molecule has 0 unspecified atom stereocenters. The van der Waals surface area contributed by atoms with Crippen LogP contribution in [0.25, 0.3) is 22.2 Å². The molecule has 1 N–H and O–H groups in total. The third-order valence-corrected chi connectivity index (χ3v) is 8.58. The average molecular weight is 545 g/mol. The minimum atomic E-state index is -3.74. The zero-order chi connectivity index (χ0) is 27.6. The summed E-state index contributed by atoms with van der Waals surface area (Å²) in [5.74, 6) is 0.330. The van der Waals surface area contributed by atoms with Gasteiger partial charge in [-0.2, -0.15) is 4.31 Å². The maximum Gasteiger partial charge on any atom is 0.254 e. The Bertz CT molecular complexity index is 1630. The number of ether oxygens (including phenoxy) is 1. The summed E-state index contributed by atoms with van der Waals surface area (Å²) in [5.41, 5.74) is 3.28. The van der Waals surface area contributed by atoms with E-state index in [-0.39, 0.29) is 42.9 Å². The number of benzene rings is 3. The molecule has 0 spiro atoms. The van der Waals surface area contributed by atoms with E-state index in [1.165, 1.54) is 23.4 Å². The molecule has 10 heteroatoms. The highest BCUT2D eigenvalue weighted by atomic mass is 32.2. The van der Waals surface area contributed by atoms with Gasteiger partial charge in [-0.3, -0.25) is 9.59 Å². The van der Waals surface area contributed by atoms with Crippen molar-refractivity contribution in [1.29, 1.82) is 0 Å². The van der Waals surface area contributed by atoms with E-state index in [0.29, 0.717) is 22.5 Å². The lowest BCUT2D eigenvalue weighted by Crippen LogP contribution is -2.50. The predicted molar refractivity (Wildman–Crippen MR) is 149 cm³/mol. The highest BCUT2D eigenvalue weighted by molar-refractivity contribution is 7.89. The summed E-state index contributed by atoms with van der Waals surface area (Å²) in [5, 5.41) is 3.37. The van der Waals surface area contributed by atoms with Crippen molar-refractivity contribution in [3.8, 4) is 17.0 Å². The third-order valence-electron chi connectivity index (χ3n) is 6.67. The van der Waals surface area contributed by atoms with E-state index < -0.39 is 10.0 Å². The first-order chi connectivity index (χ1) is 18.8. The summed E-state index contributed by atoms with van der Waals surface area (Å²) in [6.07, 6.45) is 0. The number of pyridine rings is 1. The van der Waals surface area contributed by atoms with Gasteiger partial charge in [-0.05, 0) is 60.7 Å². The number of nitrogens with zero attached hydrogens (tertiary/aromatic N) is 3. The molecule has 39 heavy (non-hydrogen) atoms. The number of sulfonamides is 1. The van der Waals surface area contributed by atoms with Gasteiger partial charge < -0.3 is 15.0 Å². The highest BCUT2D eigenvalue weighted by Crippen LogP contribution is 2.28. The topological polar surface area (TPSA) is 109 Å². The van der Waals surface area contributed by atoms with Gasteiger partial charge >= 0.3 is 0 Å². The molecule has 1 aliphatic heterocycles. The molecule has 5 rings (SSSR count). The fraction of sp³-hybridized carbons (Fsp3) is 0.207. The van der Waals surface area contributed by atoms with Crippen molar-refractivity contribution < 1.29 is 22.7 Å². The molecular formula is C29H28N4O5S. The summed E-state index contributed by atoms with van der Waals surface area (Å²) in [7, 11) is -2.14. The highest BCUT2D eigenvalue weighted by Gasteiger charge is 2.31. The van der Waals surface area contributed by atoms with E-state index in [1.54, 1.807) is 30.2 Å². The molecule has 0 bridgehead atoms. The summed E-state index contributed by atoms with van der Waals surface area (Å²) < 4.78 is 33.1. The van der Waals surface area contributed by atoms with Crippen LogP contribution in [0.3, 0.4) is 0 Å². The lowest BCUT2D eigenvalue weighted by Gasteiger charge is -2.34. The van der Waals surface area contributed by atoms with Gasteiger partial charge in [-0.1, -0.05) is 18.2 Å². The maximum absolute atomic E-state index is 13.7. The zero-order valence-electron chi connectivity index (χ0n) is 21.6. The fourth-order valence-corrected chi connectivity index (χ4v) is 6.05. The number of piperazine rings is 1. The smallest absolute Gasteiger partial charge is 0.254 e. The largest absolute Gasteiger partial charge is 0.497 e. The van der Waals surface area contributed by atoms with Gasteiger partial charge in [0.2, 0.25) is 15.9 Å². The molecule has 2 heterocycles. The van der Waals surface area contributed by atoms with Crippen LogP contribution < -0.4 is 10.1 Å². The Balaban J connectivity index is 1.36. The molecule has 1 aromatic heterocycles. The van der Waals surface area contributed by atoms with Gasteiger partial charge in [0.15, 0.2) is 0 Å². The first-order valence-electron chi connectivity index (χ1n) is 12.5. The van der Waals surface area contributed by atoms with Gasteiger partial charge in [-0.25, -0.2) is 13.4 Å². The monoisotopic (exact) mass is 544 g/mol. The number of hydrogen-bond donors (Lipinski definition) is 1. The normalized spacial score (nSPS) is 14.3. The van der Waals surface area contributed by atoms with Crippen LogP contribution in [0.5, 0.6) is 5.75 Å². The summed E-state index contributed by atoms with van der Waals surface area (Å²) in [6, 6.07) is 22.9. The Morgan fingerprint density at radius 3 is 2.21 bits per heavy atom. The third kappa shape index (κ3) is 5.47. The Morgan fingerprint density at radius 2 is 1.56 bits per heavy atom. The number of hydrogen-bond acceptors (Lipinski definition) is 6. The molecule has 2 amide bonds. The SMILES string of the molecule is COc1ccc(-c2cc(C(=O)N3CCN(S(=O)(=O)c4ccc(NC(C)=O)cc4)CC3)c3ccccc3n2)cc1. The molecule has 1 saturated heterocycles. The van der Waals surface area contributed by atoms with Gasteiger partial charge in [0.1, 0.15) is 5.75 Å². The van der Waals surface area contributed by atoms with Crippen molar-refractivity contribution in [3.05, 3.63) is 84.4 Å². The van der Waals surface area contributed by atoms with Crippen LogP contribution in [0.2, 0.25) is 0 Å². The zero-order valence-corrected chi connectivity index (χ0v) is 22.4. The van der Waals surface area contributed by atoms with Crippen LogP contribution in [0.15, 0.2) is 83.8 Å². The molecule has 0 atom stereocenters. The predicted octanol–water partition coefficient (Wildman–Crippen LogP) is 4.02. The number of para-hydroxylation sites is 1. The number of aromatic nitrogens is 1. The van der Waals surface area contributed by atoms with Crippen molar-refractivity contribution in [1.82, 2.24) is 14.2 Å². The van der Waals surface area contributed by atoms with Gasteiger partial charge in [0, 0.05) is 49.7 Å². The van der Waals surface area contributed by atoms with Crippen LogP contribution in [0, 0.1) is 0 Å². The van der Waals surface area contributed by atoms with Gasteiger partial charge in [-0.15, -0.1) is 0 Å². The average Bonchev–Trinajstić information content (AvgIpc) is 2.96. The first-order valence-corrected chi connectivity index (χ1v) is 13.9. The molecule has 3 aromatic carbocycles. The quantitative estimate of drug-likeness (QED) is 0.393. The molecule has 0 radical (unpaired) electrons. The Labute approximate surface area is 227 Å². The van der Waals surface area contributed by atoms with Crippen LogP contribution in [-0.2, 0) is 14.8 Å². The standard InChI is InChI=1S/C29H28N4O5S/c1-20(34)30-22-9-13-24(14-10-22)39(36,37)33-17-15-32(16-18-33)29(35)26-19-28(21-7-11-23(38-2)12-8-21)31-27-6-4-3-5-25(26)27/h3-14,19H,15-18H2,1-2H3,(H,30,34). The van der Waals surface area contributed by atoms with Crippen LogP contribution in [0.1, 0.15) is 17.3 Å². The lowest BCUT2D eigenvalue weighted by atomic mass is 10.0. The van der Waals surface area contributed by atoms with Crippen molar-refractivity contribution in [2.45, 2.75) is 11.8 Å². The van der Waals surface area contributed by atoms with Gasteiger partial charge in [0.05, 0.1) is 28.8 Å². The van der Waals surface area contributed by atoms with Crippen molar-refractivity contribution in [3.63, 3.8) is 0 Å². The second-order valence-corrected chi connectivity index (χ2v) is 11.1. The van der Waals surface area contributed by atoms with E-state index in [4.69, 9.17) is 9.72 Å². The van der Waals surface area contributed by atoms with E-state index in [2.05, 4.69) is 5.32 Å². The number of carbonyl (C=O) groups excluding carboxylic acids is 2. The number of anilines is 1. The molecule has 0 aliphatic carbocycles. The number of fused-ring (bicyclic) bond motifs is 1. The number of methoxy groups -OCH3 is 1. The number of rotatable bonds is 6. The van der Waals surface area contributed by atoms with Gasteiger partial charge in [0.25, 0.3) is 5.91 Å². The van der Waals surface area contributed by atoms with Crippen LogP contribution in [0.4, 0.5) is 5.69 Å². The number of carbonyl (C=O) groups is 2. The minimum Gasteiger partial charge on any atom is -0.497 e. The number of nitrogens with one attached hydrogen (secondary N) is 1. The molecule has 200 valence electrons. The van der Waals surface area contributed by atoms with E-state index >= 15 is 0 Å². The molecular weight excluding hydrogens is 516 g/mol. The first kappa shape index (κ1) is 26.3. The maximum atomic E-state index is 13.7. The molecule has 1 aliphatic rings. The van der Waals surface area contributed by atoms with E-state index in [9.17, 15) is 18.0 Å².